The normalized spacial score (nSPS) is 23.1. The maximum atomic E-state index is 13.5. The van der Waals surface area contributed by atoms with Crippen LogP contribution in [0.15, 0.2) is 42.5 Å². The molecule has 1 aromatic rings. The van der Waals surface area contributed by atoms with Crippen molar-refractivity contribution in [3.05, 3.63) is 48.0 Å². The smallest absolute Gasteiger partial charge is 0.243 e. The van der Waals surface area contributed by atoms with E-state index >= 15 is 0 Å². The van der Waals surface area contributed by atoms with Gasteiger partial charge in [0.05, 0.1) is 11.8 Å². The van der Waals surface area contributed by atoms with E-state index in [2.05, 4.69) is 5.32 Å². The number of nitrogens with zero attached hydrogens (tertiary/aromatic N) is 2. The molecule has 0 unspecified atom stereocenters. The summed E-state index contributed by atoms with van der Waals surface area (Å²) in [5.41, 5.74) is 0.938. The Labute approximate surface area is 201 Å². The molecule has 1 aromatic carbocycles. The van der Waals surface area contributed by atoms with Gasteiger partial charge in [0.15, 0.2) is 0 Å². The number of carbonyl (C=O) groups excluding carboxylic acids is 4. The Morgan fingerprint density at radius 3 is 2.24 bits per heavy atom. The van der Waals surface area contributed by atoms with Gasteiger partial charge in [-0.05, 0) is 37.7 Å². The van der Waals surface area contributed by atoms with Crippen molar-refractivity contribution < 1.29 is 19.2 Å². The third-order valence-electron chi connectivity index (χ3n) is 7.43. The van der Waals surface area contributed by atoms with Crippen molar-refractivity contribution in [2.24, 2.45) is 11.8 Å². The van der Waals surface area contributed by atoms with E-state index in [4.69, 9.17) is 0 Å². The van der Waals surface area contributed by atoms with Crippen LogP contribution in [0.3, 0.4) is 0 Å². The molecule has 1 saturated heterocycles. The Hall–Kier alpha value is -2.96. The molecule has 0 bridgehead atoms. The van der Waals surface area contributed by atoms with Gasteiger partial charge >= 0.3 is 0 Å². The molecule has 3 aliphatic rings. The first-order valence-corrected chi connectivity index (χ1v) is 12.6. The Bertz CT molecular complexity index is 912. The van der Waals surface area contributed by atoms with E-state index in [0.717, 1.165) is 31.2 Å². The molecule has 7 heteroatoms. The van der Waals surface area contributed by atoms with Gasteiger partial charge in [-0.15, -0.1) is 0 Å². The molecule has 4 rings (SSSR count). The molecule has 1 saturated carbocycles. The molecule has 1 N–H and O–H groups in total. The number of fused-ring (bicyclic) bond motifs is 1. The Morgan fingerprint density at radius 1 is 1.03 bits per heavy atom. The molecule has 1 heterocycles. The van der Waals surface area contributed by atoms with E-state index in [-0.39, 0.29) is 54.5 Å². The highest BCUT2D eigenvalue weighted by Crippen LogP contribution is 2.35. The van der Waals surface area contributed by atoms with Crippen LogP contribution in [0.25, 0.3) is 0 Å². The summed E-state index contributed by atoms with van der Waals surface area (Å²) in [6.07, 6.45) is 9.77. The van der Waals surface area contributed by atoms with Crippen molar-refractivity contribution in [2.45, 2.75) is 76.9 Å². The van der Waals surface area contributed by atoms with Gasteiger partial charge in [0, 0.05) is 25.6 Å². The second-order valence-electron chi connectivity index (χ2n) is 9.66. The van der Waals surface area contributed by atoms with Crippen LogP contribution in [0.4, 0.5) is 0 Å². The quantitative estimate of drug-likeness (QED) is 0.448. The summed E-state index contributed by atoms with van der Waals surface area (Å²) in [7, 11) is 0. The summed E-state index contributed by atoms with van der Waals surface area (Å²) in [5, 5.41) is 3.14. The lowest BCUT2D eigenvalue weighted by Crippen LogP contribution is -2.51. The number of carbonyl (C=O) groups is 4. The third kappa shape index (κ3) is 5.24. The summed E-state index contributed by atoms with van der Waals surface area (Å²) in [4.78, 5) is 55.1. The molecule has 2 aliphatic carbocycles. The van der Waals surface area contributed by atoms with Crippen LogP contribution in [0, 0.1) is 11.8 Å². The predicted octanol–water partition coefficient (Wildman–Crippen LogP) is 3.19. The van der Waals surface area contributed by atoms with E-state index in [1.165, 1.54) is 4.90 Å². The van der Waals surface area contributed by atoms with Gasteiger partial charge in [-0.2, -0.15) is 0 Å². The number of likely N-dealkylation sites (tertiary alicyclic amines) is 1. The summed E-state index contributed by atoms with van der Waals surface area (Å²) in [5.74, 6) is -1.28. The fourth-order valence-corrected chi connectivity index (χ4v) is 5.51. The van der Waals surface area contributed by atoms with Crippen LogP contribution in [-0.4, -0.2) is 52.1 Å². The second-order valence-corrected chi connectivity index (χ2v) is 9.66. The minimum Gasteiger partial charge on any atom is -0.352 e. The number of benzene rings is 1. The van der Waals surface area contributed by atoms with Gasteiger partial charge in [-0.25, -0.2) is 0 Å². The van der Waals surface area contributed by atoms with Gasteiger partial charge in [-0.1, -0.05) is 62.2 Å². The molecule has 7 nitrogen and oxygen atoms in total. The van der Waals surface area contributed by atoms with Gasteiger partial charge in [-0.3, -0.25) is 24.1 Å². The van der Waals surface area contributed by atoms with E-state index in [0.29, 0.717) is 25.8 Å². The van der Waals surface area contributed by atoms with Gasteiger partial charge in [0.1, 0.15) is 6.04 Å². The van der Waals surface area contributed by atoms with E-state index in [1.807, 2.05) is 49.4 Å². The first-order chi connectivity index (χ1) is 16.5. The number of rotatable bonds is 9. The lowest BCUT2D eigenvalue weighted by Gasteiger charge is -2.32. The van der Waals surface area contributed by atoms with E-state index in [9.17, 15) is 19.2 Å². The number of amides is 4. The summed E-state index contributed by atoms with van der Waals surface area (Å²) < 4.78 is 0. The topological polar surface area (TPSA) is 86.8 Å². The minimum atomic E-state index is -0.593. The van der Waals surface area contributed by atoms with Crippen LogP contribution in [-0.2, 0) is 25.7 Å². The van der Waals surface area contributed by atoms with Crippen LogP contribution in [0.5, 0.6) is 0 Å². The van der Waals surface area contributed by atoms with Crippen molar-refractivity contribution in [1.82, 2.24) is 15.1 Å². The number of imide groups is 1. The molecule has 3 atom stereocenters. The summed E-state index contributed by atoms with van der Waals surface area (Å²) in [6.45, 7) is 2.29. The highest BCUT2D eigenvalue weighted by Gasteiger charge is 2.47. The lowest BCUT2D eigenvalue weighted by atomic mass is 9.85. The van der Waals surface area contributed by atoms with Crippen molar-refractivity contribution >= 4 is 23.6 Å². The monoisotopic (exact) mass is 465 g/mol. The predicted molar refractivity (Wildman–Crippen MR) is 128 cm³/mol. The lowest BCUT2D eigenvalue weighted by molar-refractivity contribution is -0.144. The molecule has 1 aliphatic heterocycles. The SMILES string of the molecule is CC[C@H](C(=O)NC1CCCC1)N(Cc1ccccc1)C(=O)CCN1C(=O)[C@H]2CC=CC[C@H]2C1=O. The van der Waals surface area contributed by atoms with Crippen LogP contribution < -0.4 is 5.32 Å². The van der Waals surface area contributed by atoms with E-state index < -0.39 is 6.04 Å². The molecular weight excluding hydrogens is 430 g/mol. The van der Waals surface area contributed by atoms with Crippen molar-refractivity contribution in [3.8, 4) is 0 Å². The molecule has 0 spiro atoms. The number of hydrogen-bond acceptors (Lipinski definition) is 4. The Kier molecular flexibility index (Phi) is 7.80. The maximum absolute atomic E-state index is 13.5. The van der Waals surface area contributed by atoms with Crippen LogP contribution >= 0.6 is 0 Å². The van der Waals surface area contributed by atoms with Gasteiger partial charge in [0.2, 0.25) is 23.6 Å². The van der Waals surface area contributed by atoms with Crippen molar-refractivity contribution in [2.75, 3.05) is 6.54 Å². The average Bonchev–Trinajstić information content (AvgIpc) is 3.45. The standard InChI is InChI=1S/C27H35N3O4/c1-2-23(25(32)28-20-12-6-7-13-20)30(18-19-10-4-3-5-11-19)24(31)16-17-29-26(33)21-14-8-9-15-22(21)27(29)34/h3-5,8-11,20-23H,2,6-7,12-18H2,1H3,(H,28,32)/t21-,22+,23-/m1/s1. The maximum Gasteiger partial charge on any atom is 0.243 e. The molecular formula is C27H35N3O4. The van der Waals surface area contributed by atoms with E-state index in [1.54, 1.807) is 4.90 Å². The zero-order chi connectivity index (χ0) is 24.1. The first kappa shape index (κ1) is 24.2. The van der Waals surface area contributed by atoms with Crippen LogP contribution in [0.2, 0.25) is 0 Å². The van der Waals surface area contributed by atoms with Crippen molar-refractivity contribution in [1.29, 1.82) is 0 Å². The summed E-state index contributed by atoms with van der Waals surface area (Å²) in [6, 6.07) is 9.19. The molecule has 0 aromatic heterocycles. The zero-order valence-corrected chi connectivity index (χ0v) is 19.9. The molecule has 2 fully saturated rings. The fraction of sp³-hybridized carbons (Fsp3) is 0.556. The summed E-state index contributed by atoms with van der Waals surface area (Å²) >= 11 is 0. The van der Waals surface area contributed by atoms with Gasteiger partial charge in [0.25, 0.3) is 0 Å². The zero-order valence-electron chi connectivity index (χ0n) is 19.9. The first-order valence-electron chi connectivity index (χ1n) is 12.6. The molecule has 0 radical (unpaired) electrons. The number of hydrogen-bond donors (Lipinski definition) is 1. The molecule has 182 valence electrons. The van der Waals surface area contributed by atoms with Crippen molar-refractivity contribution in [3.63, 3.8) is 0 Å². The molecule has 4 amide bonds. The number of allylic oxidation sites excluding steroid dienone is 2. The minimum absolute atomic E-state index is 0.0182. The average molecular weight is 466 g/mol. The highest BCUT2D eigenvalue weighted by molar-refractivity contribution is 6.05. The van der Waals surface area contributed by atoms with Gasteiger partial charge < -0.3 is 10.2 Å². The third-order valence-corrected chi connectivity index (χ3v) is 7.43. The Morgan fingerprint density at radius 2 is 1.65 bits per heavy atom. The molecule has 34 heavy (non-hydrogen) atoms. The number of nitrogens with one attached hydrogen (secondary N) is 1. The van der Waals surface area contributed by atoms with Crippen LogP contribution in [0.1, 0.15) is 63.9 Å². The highest BCUT2D eigenvalue weighted by atomic mass is 16.2. The second kappa shape index (κ2) is 11.0. The largest absolute Gasteiger partial charge is 0.352 e. The fourth-order valence-electron chi connectivity index (χ4n) is 5.51. The Balaban J connectivity index is 1.46.